The van der Waals surface area contributed by atoms with Gasteiger partial charge in [-0.15, -0.1) is 0 Å². The number of hydrogen-bond donors (Lipinski definition) is 7. The van der Waals surface area contributed by atoms with Gasteiger partial charge in [0.05, 0.1) is 59.5 Å². The predicted octanol–water partition coefficient (Wildman–Crippen LogP) is 5.88. The summed E-state index contributed by atoms with van der Waals surface area (Å²) < 4.78 is 23.6. The summed E-state index contributed by atoms with van der Waals surface area (Å²) in [5.41, 5.74) is 3.25. The first-order valence-corrected chi connectivity index (χ1v) is 19.7. The van der Waals surface area contributed by atoms with Crippen LogP contribution in [0.15, 0.2) is 71.6 Å². The monoisotopic (exact) mass is 829 g/mol. The molecule has 15 nitrogen and oxygen atoms in total. The number of aliphatic hydroxyl groups is 2. The van der Waals surface area contributed by atoms with Crippen molar-refractivity contribution < 1.29 is 58.9 Å². The second kappa shape index (κ2) is 18.6. The summed E-state index contributed by atoms with van der Waals surface area (Å²) in [6.45, 7) is 12.7. The van der Waals surface area contributed by atoms with Crippen LogP contribution in [-0.4, -0.2) is 86.7 Å². The lowest BCUT2D eigenvalue weighted by Crippen LogP contribution is -2.46. The number of carbonyl (C=O) groups excluding carboxylic acids is 3. The van der Waals surface area contributed by atoms with E-state index in [1.54, 1.807) is 39.8 Å². The highest BCUT2D eigenvalue weighted by Crippen LogP contribution is 2.55. The van der Waals surface area contributed by atoms with Crippen molar-refractivity contribution in [1.82, 2.24) is 5.43 Å². The van der Waals surface area contributed by atoms with E-state index in [2.05, 4.69) is 15.8 Å². The molecule has 6 rings (SSSR count). The number of nitrogens with zero attached hydrogens (tertiary/aromatic N) is 1. The second-order valence-corrected chi connectivity index (χ2v) is 15.7. The second-order valence-electron chi connectivity index (χ2n) is 15.7. The number of aliphatic hydroxyl groups excluding tert-OH is 2. The summed E-state index contributed by atoms with van der Waals surface area (Å²) in [7, 11) is 1.43. The van der Waals surface area contributed by atoms with Gasteiger partial charge in [-0.25, -0.2) is 0 Å². The smallest absolute Gasteiger partial charge is 0.312 e. The van der Waals surface area contributed by atoms with Crippen LogP contribution in [0.25, 0.3) is 10.8 Å². The van der Waals surface area contributed by atoms with Gasteiger partial charge in [-0.2, -0.15) is 5.10 Å². The third-order valence-corrected chi connectivity index (χ3v) is 11.4. The number of rotatable bonds is 6. The van der Waals surface area contributed by atoms with Gasteiger partial charge in [0.25, 0.3) is 11.7 Å². The number of amides is 1. The molecule has 5 bridgehead atoms. The number of phenols is 3. The van der Waals surface area contributed by atoms with Crippen LogP contribution in [0.4, 0.5) is 5.69 Å². The number of aromatic hydroxyl groups is 3. The van der Waals surface area contributed by atoms with Gasteiger partial charge in [0.1, 0.15) is 23.4 Å². The average molecular weight is 830 g/mol. The number of benzene rings is 3. The minimum absolute atomic E-state index is 0.0394. The number of phenolic OH excluding ortho intramolecular Hbond substituents is 3. The van der Waals surface area contributed by atoms with E-state index < -0.39 is 88.8 Å². The molecule has 0 unspecified atom stereocenters. The Morgan fingerprint density at radius 1 is 0.950 bits per heavy atom. The molecule has 3 aliphatic heterocycles. The quantitative estimate of drug-likeness (QED) is 0.0508. The van der Waals surface area contributed by atoms with Gasteiger partial charge in [0, 0.05) is 61.2 Å². The standard InChI is InChI=1S/C45H55N3O12/c1-22-14-13-15-23(2)44(56)48-35-30(21-47-46-20-29-16-11-10-12-17-29)39(53)32-33(40(35)54)38(52)27(6)42-34(32)43(55)45(8,60-42)58-19-18-31(57-9)24(3)41(59-28(7)49)26(5)37(51)25(4)36(22)50/h10-19,21-22,24-26,31,36-37,41,46,50-54H,20H2,1-9H3,(H,48,56)/b14-13+,19-18+,23-15-,47-21-/t22-,24-,25-,26-,31+,36+,37+,41-,45+/m1/s1. The first kappa shape index (κ1) is 45.2. The third kappa shape index (κ3) is 8.98. The van der Waals surface area contributed by atoms with Gasteiger partial charge >= 0.3 is 11.8 Å². The van der Waals surface area contributed by atoms with Crippen molar-refractivity contribution in [2.75, 3.05) is 12.4 Å². The number of fused-ring (bicyclic) bond motifs is 14. The SMILES string of the molecule is CO[C@H]1/C=C/O[C@@]2(C)Oc3c(C)c(O)c4c(O)c(c(/C=N\NCc5ccccc5)c(O)c4c3C2=O)NC(=O)/C(C)=C\C=C\[C@@H](C)[C@H](O)[C@@H](C)[C@H](O)[C@@H](C)[C@H](OC(C)=O)[C@@H]1C. The van der Waals surface area contributed by atoms with Gasteiger partial charge in [-0.05, 0) is 25.5 Å². The van der Waals surface area contributed by atoms with Crippen molar-refractivity contribution in [3.8, 4) is 23.0 Å². The van der Waals surface area contributed by atoms with Crippen LogP contribution in [0.3, 0.4) is 0 Å². The fourth-order valence-electron chi connectivity index (χ4n) is 7.72. The van der Waals surface area contributed by atoms with Gasteiger partial charge in [-0.1, -0.05) is 76.3 Å². The Balaban J connectivity index is 1.69. The van der Waals surface area contributed by atoms with E-state index in [-0.39, 0.29) is 51.0 Å². The highest BCUT2D eigenvalue weighted by molar-refractivity contribution is 6.23. The molecule has 322 valence electrons. The lowest BCUT2D eigenvalue weighted by molar-refractivity contribution is -0.160. The summed E-state index contributed by atoms with van der Waals surface area (Å²) in [6, 6.07) is 9.34. The Kier molecular flexibility index (Phi) is 14.0. The molecular formula is C45H55N3O12. The summed E-state index contributed by atoms with van der Waals surface area (Å²) in [5.74, 6) is -8.56. The number of Topliss-reactive ketones (excluding diaryl/α,β-unsaturated/α-hetero) is 1. The molecule has 0 aromatic heterocycles. The number of ether oxygens (including phenoxy) is 4. The molecule has 9 atom stereocenters. The zero-order chi connectivity index (χ0) is 44.2. The van der Waals surface area contributed by atoms with Gasteiger partial charge < -0.3 is 55.2 Å². The highest BCUT2D eigenvalue weighted by Gasteiger charge is 2.50. The van der Waals surface area contributed by atoms with Crippen molar-refractivity contribution >= 4 is 40.3 Å². The minimum Gasteiger partial charge on any atom is -0.507 e. The maximum absolute atomic E-state index is 14.4. The van der Waals surface area contributed by atoms with Crippen LogP contribution in [0.1, 0.15) is 75.5 Å². The van der Waals surface area contributed by atoms with E-state index in [9.17, 15) is 39.9 Å². The molecule has 0 aliphatic carbocycles. The van der Waals surface area contributed by atoms with Crippen molar-refractivity contribution in [1.29, 1.82) is 0 Å². The Bertz CT molecular complexity index is 2240. The van der Waals surface area contributed by atoms with E-state index in [1.165, 1.54) is 59.4 Å². The molecule has 0 saturated carbocycles. The van der Waals surface area contributed by atoms with Crippen molar-refractivity contribution in [3.63, 3.8) is 0 Å². The molecule has 0 saturated heterocycles. The molecule has 0 fully saturated rings. The number of hydrogen-bond acceptors (Lipinski definition) is 14. The zero-order valence-electron chi connectivity index (χ0n) is 35.2. The molecule has 3 aromatic rings. The molecule has 0 spiro atoms. The summed E-state index contributed by atoms with van der Waals surface area (Å²) in [6.07, 6.45) is 4.65. The van der Waals surface area contributed by atoms with Crippen LogP contribution in [0, 0.1) is 30.6 Å². The molecule has 3 aromatic carbocycles. The Labute approximate surface area is 349 Å². The first-order valence-electron chi connectivity index (χ1n) is 19.7. The van der Waals surface area contributed by atoms with E-state index in [0.29, 0.717) is 0 Å². The molecule has 15 heteroatoms. The van der Waals surface area contributed by atoms with E-state index in [0.717, 1.165) is 5.56 Å². The number of carbonyl (C=O) groups is 3. The van der Waals surface area contributed by atoms with E-state index >= 15 is 0 Å². The minimum atomic E-state index is -2.06. The third-order valence-electron chi connectivity index (χ3n) is 11.4. The lowest BCUT2D eigenvalue weighted by atomic mass is 9.78. The predicted molar refractivity (Wildman–Crippen MR) is 225 cm³/mol. The molecule has 3 heterocycles. The Morgan fingerprint density at radius 3 is 2.28 bits per heavy atom. The summed E-state index contributed by atoms with van der Waals surface area (Å²) in [5, 5.41) is 64.6. The normalized spacial score (nSPS) is 29.7. The fraction of sp³-hybridized carbons (Fsp3) is 0.422. The first-order chi connectivity index (χ1) is 28.3. The van der Waals surface area contributed by atoms with Gasteiger partial charge in [0.2, 0.25) is 0 Å². The highest BCUT2D eigenvalue weighted by atomic mass is 16.7. The van der Waals surface area contributed by atoms with E-state index in [4.69, 9.17) is 18.9 Å². The molecule has 0 radical (unpaired) electrons. The molecule has 7 N–H and O–H groups in total. The maximum Gasteiger partial charge on any atom is 0.312 e. The van der Waals surface area contributed by atoms with E-state index in [1.807, 2.05) is 30.3 Å². The molecule has 60 heavy (non-hydrogen) atoms. The van der Waals surface area contributed by atoms with Crippen LogP contribution >= 0.6 is 0 Å². The van der Waals surface area contributed by atoms with Crippen LogP contribution in [0.5, 0.6) is 23.0 Å². The zero-order valence-corrected chi connectivity index (χ0v) is 35.2. The number of ketones is 1. The topological polar surface area (TPSA) is 226 Å². The van der Waals surface area contributed by atoms with Gasteiger partial charge in [0.15, 0.2) is 5.75 Å². The van der Waals surface area contributed by atoms with Crippen LogP contribution < -0.4 is 15.5 Å². The number of hydrazone groups is 1. The lowest BCUT2D eigenvalue weighted by Gasteiger charge is -2.38. The summed E-state index contributed by atoms with van der Waals surface area (Å²) >= 11 is 0. The van der Waals surface area contributed by atoms with Crippen molar-refractivity contribution in [3.05, 3.63) is 88.7 Å². The van der Waals surface area contributed by atoms with Crippen LogP contribution in [-0.2, 0) is 30.3 Å². The molecule has 1 amide bonds. The van der Waals surface area contributed by atoms with Gasteiger partial charge in [-0.3, -0.25) is 14.4 Å². The number of allylic oxidation sites excluding steroid dienone is 2. The molecular weight excluding hydrogens is 775 g/mol. The number of anilines is 1. The van der Waals surface area contributed by atoms with Crippen molar-refractivity contribution in [2.24, 2.45) is 28.8 Å². The van der Waals surface area contributed by atoms with Crippen LogP contribution in [0.2, 0.25) is 0 Å². The number of nitrogens with one attached hydrogen (secondary N) is 2. The fourth-order valence-corrected chi connectivity index (χ4v) is 7.72. The Hall–Kier alpha value is -5.90. The summed E-state index contributed by atoms with van der Waals surface area (Å²) in [4.78, 5) is 40.5. The molecule has 3 aliphatic rings. The number of esters is 1. The van der Waals surface area contributed by atoms with Crippen molar-refractivity contribution in [2.45, 2.75) is 92.1 Å². The average Bonchev–Trinajstić information content (AvgIpc) is 3.48. The maximum atomic E-state index is 14.4. The number of methoxy groups -OCH3 is 1. The Morgan fingerprint density at radius 2 is 1.63 bits per heavy atom. The largest absolute Gasteiger partial charge is 0.507 e.